The minimum Gasteiger partial charge on any atom is -0.490 e. The standard InChI is InChI=1S/C27H32N4O3S/c1-6-13-35-27-29-26-28-18(4)24(19(5)32)25(31(26)30-27)21-11-12-22(23(15-21)33-7-2)34-16-20-10-8-9-17(3)14-20/h8-12,14-15,25H,6-7,13,16H2,1-5H3,(H,28,29,30). The molecule has 0 saturated carbocycles. The average Bonchev–Trinajstić information content (AvgIpc) is 3.23. The molecule has 0 saturated heterocycles. The van der Waals surface area contributed by atoms with Gasteiger partial charge in [-0.3, -0.25) is 4.79 Å². The molecule has 3 aromatic rings. The van der Waals surface area contributed by atoms with Gasteiger partial charge in [0.05, 0.1) is 6.61 Å². The van der Waals surface area contributed by atoms with Crippen LogP contribution >= 0.6 is 11.8 Å². The number of ether oxygens (including phenoxy) is 2. The zero-order valence-corrected chi connectivity index (χ0v) is 21.7. The fourth-order valence-corrected chi connectivity index (χ4v) is 4.88. The Morgan fingerprint density at radius 2 is 1.94 bits per heavy atom. The summed E-state index contributed by atoms with van der Waals surface area (Å²) in [6.07, 6.45) is 1.03. The van der Waals surface area contributed by atoms with E-state index in [1.165, 1.54) is 5.56 Å². The number of ketones is 1. The van der Waals surface area contributed by atoms with E-state index in [0.717, 1.165) is 29.0 Å². The van der Waals surface area contributed by atoms with Crippen molar-refractivity contribution in [2.45, 2.75) is 58.8 Å². The number of allylic oxidation sites excluding steroid dienone is 2. The number of hydrogen-bond donors (Lipinski definition) is 1. The number of hydrogen-bond acceptors (Lipinski definition) is 7. The number of Topliss-reactive ketones (excluding diaryl/α,β-unsaturated/α-hetero) is 1. The second kappa shape index (κ2) is 11.0. The van der Waals surface area contributed by atoms with Crippen LogP contribution in [-0.4, -0.2) is 32.9 Å². The lowest BCUT2D eigenvalue weighted by Crippen LogP contribution is -2.27. The fraction of sp³-hybridized carbons (Fsp3) is 0.370. The number of aryl methyl sites for hydroxylation is 1. The highest BCUT2D eigenvalue weighted by molar-refractivity contribution is 7.99. The SMILES string of the molecule is CCCSc1nc2n(n1)C(c1ccc(OCc3cccc(C)c3)c(OCC)c1)C(C(C)=O)=C(C)N2. The number of carbonyl (C=O) groups excluding carboxylic acids is 1. The molecule has 2 aromatic carbocycles. The molecule has 2 heterocycles. The second-order valence-corrected chi connectivity index (χ2v) is 9.61. The number of aromatic nitrogens is 3. The van der Waals surface area contributed by atoms with Crippen LogP contribution < -0.4 is 14.8 Å². The lowest BCUT2D eigenvalue weighted by Gasteiger charge is -2.28. The predicted molar refractivity (Wildman–Crippen MR) is 139 cm³/mol. The normalized spacial score (nSPS) is 14.9. The van der Waals surface area contributed by atoms with Gasteiger partial charge in [-0.2, -0.15) is 4.98 Å². The van der Waals surface area contributed by atoms with Crippen LogP contribution in [0.15, 0.2) is 58.9 Å². The van der Waals surface area contributed by atoms with E-state index in [-0.39, 0.29) is 5.78 Å². The van der Waals surface area contributed by atoms with E-state index in [9.17, 15) is 4.79 Å². The summed E-state index contributed by atoms with van der Waals surface area (Å²) in [5.74, 6) is 2.85. The van der Waals surface area contributed by atoms with Gasteiger partial charge in [-0.25, -0.2) is 4.68 Å². The molecule has 0 amide bonds. The van der Waals surface area contributed by atoms with E-state index in [2.05, 4.69) is 36.3 Å². The zero-order chi connectivity index (χ0) is 24.9. The summed E-state index contributed by atoms with van der Waals surface area (Å²) in [4.78, 5) is 17.4. The van der Waals surface area contributed by atoms with Crippen molar-refractivity contribution in [2.75, 3.05) is 17.7 Å². The third-order valence-corrected chi connectivity index (χ3v) is 6.75. The Morgan fingerprint density at radius 3 is 2.66 bits per heavy atom. The first-order valence-corrected chi connectivity index (χ1v) is 12.9. The number of nitrogens with zero attached hydrogens (tertiary/aromatic N) is 3. The van der Waals surface area contributed by atoms with Crippen LogP contribution in [0.3, 0.4) is 0 Å². The van der Waals surface area contributed by atoms with Crippen LogP contribution in [0.1, 0.15) is 56.8 Å². The Morgan fingerprint density at radius 1 is 1.11 bits per heavy atom. The molecule has 184 valence electrons. The molecule has 1 N–H and O–H groups in total. The van der Waals surface area contributed by atoms with Crippen molar-refractivity contribution >= 4 is 23.5 Å². The van der Waals surface area contributed by atoms with Crippen molar-refractivity contribution in [1.82, 2.24) is 14.8 Å². The van der Waals surface area contributed by atoms with Gasteiger partial charge in [0, 0.05) is 17.0 Å². The van der Waals surface area contributed by atoms with Crippen molar-refractivity contribution in [3.63, 3.8) is 0 Å². The summed E-state index contributed by atoms with van der Waals surface area (Å²) in [5, 5.41) is 8.70. The number of carbonyl (C=O) groups is 1. The number of nitrogens with one attached hydrogen (secondary N) is 1. The van der Waals surface area contributed by atoms with Gasteiger partial charge in [-0.1, -0.05) is 54.6 Å². The monoisotopic (exact) mass is 492 g/mol. The van der Waals surface area contributed by atoms with Crippen molar-refractivity contribution < 1.29 is 14.3 Å². The van der Waals surface area contributed by atoms with Crippen LogP contribution in [0.25, 0.3) is 0 Å². The van der Waals surface area contributed by atoms with E-state index in [4.69, 9.17) is 14.6 Å². The number of benzene rings is 2. The first-order chi connectivity index (χ1) is 16.9. The summed E-state index contributed by atoms with van der Waals surface area (Å²) in [6, 6.07) is 13.7. The minimum atomic E-state index is -0.405. The first kappa shape index (κ1) is 24.9. The number of rotatable bonds is 10. The summed E-state index contributed by atoms with van der Waals surface area (Å²) in [6.45, 7) is 10.6. The predicted octanol–water partition coefficient (Wildman–Crippen LogP) is 5.94. The Kier molecular flexibility index (Phi) is 7.80. The maximum Gasteiger partial charge on any atom is 0.227 e. The van der Waals surface area contributed by atoms with Gasteiger partial charge in [0.25, 0.3) is 0 Å². The van der Waals surface area contributed by atoms with Gasteiger partial charge in [-0.05, 0) is 57.4 Å². The van der Waals surface area contributed by atoms with Crippen molar-refractivity contribution in [3.8, 4) is 11.5 Å². The molecule has 0 spiro atoms. The van der Waals surface area contributed by atoms with Crippen LogP contribution in [0.4, 0.5) is 5.95 Å². The largest absolute Gasteiger partial charge is 0.490 e. The lowest BCUT2D eigenvalue weighted by molar-refractivity contribution is -0.114. The topological polar surface area (TPSA) is 78.3 Å². The van der Waals surface area contributed by atoms with Crippen molar-refractivity contribution in [2.24, 2.45) is 0 Å². The van der Waals surface area contributed by atoms with Gasteiger partial charge in [-0.15, -0.1) is 5.10 Å². The van der Waals surface area contributed by atoms with Gasteiger partial charge in [0.15, 0.2) is 17.3 Å². The average molecular weight is 493 g/mol. The smallest absolute Gasteiger partial charge is 0.227 e. The quantitative estimate of drug-likeness (QED) is 0.351. The molecule has 1 atom stereocenters. The maximum absolute atomic E-state index is 12.7. The summed E-state index contributed by atoms with van der Waals surface area (Å²) in [7, 11) is 0. The molecule has 35 heavy (non-hydrogen) atoms. The fourth-order valence-electron chi connectivity index (χ4n) is 4.20. The van der Waals surface area contributed by atoms with E-state index in [0.29, 0.717) is 41.4 Å². The number of thioether (sulfide) groups is 1. The van der Waals surface area contributed by atoms with E-state index < -0.39 is 6.04 Å². The molecular formula is C27H32N4O3S. The van der Waals surface area contributed by atoms with E-state index in [1.54, 1.807) is 23.4 Å². The highest BCUT2D eigenvalue weighted by atomic mass is 32.2. The molecule has 0 radical (unpaired) electrons. The van der Waals surface area contributed by atoms with Crippen LogP contribution in [0.5, 0.6) is 11.5 Å². The highest BCUT2D eigenvalue weighted by Crippen LogP contribution is 2.40. The lowest BCUT2D eigenvalue weighted by atomic mass is 9.93. The third kappa shape index (κ3) is 5.53. The molecule has 1 aliphatic rings. The molecule has 8 heteroatoms. The van der Waals surface area contributed by atoms with Crippen molar-refractivity contribution in [3.05, 3.63) is 70.4 Å². The van der Waals surface area contributed by atoms with Crippen LogP contribution in [0.2, 0.25) is 0 Å². The van der Waals surface area contributed by atoms with Crippen LogP contribution in [-0.2, 0) is 11.4 Å². The maximum atomic E-state index is 12.7. The second-order valence-electron chi connectivity index (χ2n) is 8.55. The first-order valence-electron chi connectivity index (χ1n) is 11.9. The van der Waals surface area contributed by atoms with Gasteiger partial charge in [0.2, 0.25) is 11.1 Å². The number of fused-ring (bicyclic) bond motifs is 1. The molecule has 4 rings (SSSR count). The summed E-state index contributed by atoms with van der Waals surface area (Å²) < 4.78 is 13.9. The molecule has 1 unspecified atom stereocenters. The minimum absolute atomic E-state index is 0.0124. The molecule has 1 aliphatic heterocycles. The molecule has 0 fully saturated rings. The Balaban J connectivity index is 1.70. The Hall–Kier alpha value is -3.26. The third-order valence-electron chi connectivity index (χ3n) is 5.71. The summed E-state index contributed by atoms with van der Waals surface area (Å²) in [5.41, 5.74) is 4.62. The van der Waals surface area contributed by atoms with E-state index >= 15 is 0 Å². The number of anilines is 1. The van der Waals surface area contributed by atoms with Gasteiger partial charge < -0.3 is 14.8 Å². The Bertz CT molecular complexity index is 1250. The Labute approximate surface area is 210 Å². The molecule has 0 aliphatic carbocycles. The molecular weight excluding hydrogens is 460 g/mol. The van der Waals surface area contributed by atoms with E-state index in [1.807, 2.05) is 44.2 Å². The zero-order valence-electron chi connectivity index (χ0n) is 20.9. The molecule has 0 bridgehead atoms. The highest BCUT2D eigenvalue weighted by Gasteiger charge is 2.33. The molecule has 1 aromatic heterocycles. The summed E-state index contributed by atoms with van der Waals surface area (Å²) >= 11 is 1.61. The molecule has 7 nitrogen and oxygen atoms in total. The van der Waals surface area contributed by atoms with Gasteiger partial charge in [0.1, 0.15) is 12.6 Å². The van der Waals surface area contributed by atoms with Crippen LogP contribution in [0, 0.1) is 6.92 Å². The van der Waals surface area contributed by atoms with Crippen molar-refractivity contribution in [1.29, 1.82) is 0 Å². The van der Waals surface area contributed by atoms with Gasteiger partial charge >= 0.3 is 0 Å².